The molecule has 0 aromatic heterocycles. The maximum Gasteiger partial charge on any atom is 0.300 e. The van der Waals surface area contributed by atoms with Crippen molar-refractivity contribution in [3.05, 3.63) is 24.6 Å². The summed E-state index contributed by atoms with van der Waals surface area (Å²) in [5, 5.41) is 7.42. The van der Waals surface area contributed by atoms with Gasteiger partial charge in [0.2, 0.25) is 0 Å². The molecule has 82 valence electrons. The maximum atomic E-state index is 9.00. The van der Waals surface area contributed by atoms with Gasteiger partial charge in [-0.15, -0.1) is 0 Å². The van der Waals surface area contributed by atoms with Crippen LogP contribution in [0.25, 0.3) is 24.6 Å². The fraction of sp³-hybridized carbons (Fsp3) is 0.500. The van der Waals surface area contributed by atoms with Crippen LogP contribution in [0.2, 0.25) is 0 Å². The first-order valence-electron chi connectivity index (χ1n) is 0.928. The average Bonchev–Trinajstić information content (AvgIpc) is 0.811. The minimum Gasteiger partial charge on any atom is -0.693 e. The number of nitrogens with two attached hydrogens (primary N) is 4. The van der Waals surface area contributed by atoms with Gasteiger partial charge in [0, 0.05) is 27.3 Å². The molecular weight excluding hydrogens is 250 g/mol. The molecule has 0 aromatic rings. The van der Waals surface area contributed by atoms with Crippen LogP contribution in [-0.4, -0.2) is 22.0 Å². The Labute approximate surface area is 79.3 Å². The van der Waals surface area contributed by atoms with Crippen LogP contribution >= 0.6 is 0 Å². The molecule has 0 atom stereocenters. The van der Waals surface area contributed by atoms with Crippen LogP contribution in [0.5, 0.6) is 0 Å². The molecular formula is C2H16N4O4Pd-4. The van der Waals surface area contributed by atoms with Gasteiger partial charge in [-0.1, -0.05) is 0 Å². The molecule has 0 heterocycles. The van der Waals surface area contributed by atoms with Gasteiger partial charge in [0.05, 0.1) is 0 Å². The Morgan fingerprint density at radius 2 is 1.00 bits per heavy atom. The smallest absolute Gasteiger partial charge is 0.300 e. The molecule has 8 nitrogen and oxygen atoms in total. The van der Waals surface area contributed by atoms with Crippen LogP contribution in [0.15, 0.2) is 0 Å². The van der Waals surface area contributed by atoms with Crippen molar-refractivity contribution in [2.24, 2.45) is 0 Å². The van der Waals surface area contributed by atoms with E-state index in [1.54, 1.807) is 0 Å². The van der Waals surface area contributed by atoms with Gasteiger partial charge in [0.1, 0.15) is 0 Å². The first-order valence-corrected chi connectivity index (χ1v) is 0.928. The number of rotatable bonds is 0. The predicted octanol–water partition coefficient (Wildman–Crippen LogP) is 1.31. The number of carbonyl (C=O) groups is 1. The number of carboxylic acids is 1. The van der Waals surface area contributed by atoms with Crippen molar-refractivity contribution in [1.29, 1.82) is 0 Å². The van der Waals surface area contributed by atoms with Crippen molar-refractivity contribution < 1.29 is 41.3 Å². The average molecular weight is 267 g/mol. The Bertz CT molecular complexity index is 43.1. The van der Waals surface area contributed by atoms with Gasteiger partial charge < -0.3 is 40.7 Å². The molecule has 0 spiro atoms. The predicted molar refractivity (Wildman–Crippen MR) is 41.7 cm³/mol. The Morgan fingerprint density at radius 1 is 1.00 bits per heavy atom. The Morgan fingerprint density at radius 3 is 1.00 bits per heavy atom. The monoisotopic (exact) mass is 266 g/mol. The molecule has 0 aliphatic rings. The third-order valence-corrected chi connectivity index (χ3v) is 0. The van der Waals surface area contributed by atoms with Crippen LogP contribution < -0.4 is 0 Å². The summed E-state index contributed by atoms with van der Waals surface area (Å²) in [6.45, 7) is 1.08. The topological polar surface area (TPSA) is 234 Å². The second kappa shape index (κ2) is 93.5. The quantitative estimate of drug-likeness (QED) is 0.638. The summed E-state index contributed by atoms with van der Waals surface area (Å²) in [7, 11) is 0. The number of hydrogen-bond acceptors (Lipinski definition) is 1. The molecule has 0 unspecified atom stereocenters. The van der Waals surface area contributed by atoms with Crippen LogP contribution in [-0.2, 0) is 25.2 Å². The minimum absolute atomic E-state index is 0. The second-order valence-corrected chi connectivity index (χ2v) is 0.519. The molecule has 9 heteroatoms. The molecule has 0 rings (SSSR count). The molecule has 0 aromatic carbocycles. The van der Waals surface area contributed by atoms with Gasteiger partial charge in [-0.05, 0) is 0 Å². The summed E-state index contributed by atoms with van der Waals surface area (Å²) in [4.78, 5) is 9.00. The summed E-state index contributed by atoms with van der Waals surface area (Å²) < 4.78 is 0. The van der Waals surface area contributed by atoms with E-state index in [1.807, 2.05) is 0 Å². The van der Waals surface area contributed by atoms with E-state index in [0.717, 1.165) is 6.92 Å². The van der Waals surface area contributed by atoms with Gasteiger partial charge in [-0.25, -0.2) is 0 Å². The van der Waals surface area contributed by atoms with Gasteiger partial charge >= 0.3 is 0 Å². The molecule has 0 aliphatic heterocycles. The van der Waals surface area contributed by atoms with Crippen molar-refractivity contribution in [2.75, 3.05) is 0 Å². The molecule has 0 aliphatic carbocycles. The van der Waals surface area contributed by atoms with Crippen LogP contribution in [0.3, 0.4) is 0 Å². The second-order valence-electron chi connectivity index (χ2n) is 0.519. The van der Waals surface area contributed by atoms with Crippen LogP contribution in [0.1, 0.15) is 6.92 Å². The summed E-state index contributed by atoms with van der Waals surface area (Å²) in [5.41, 5.74) is 0. The van der Waals surface area contributed by atoms with E-state index in [9.17, 15) is 0 Å². The Hall–Kier alpha value is -0.108. The Balaban J connectivity index is -0.00000000214. The van der Waals surface area contributed by atoms with Gasteiger partial charge in [-0.2, -0.15) is 0 Å². The van der Waals surface area contributed by atoms with E-state index in [1.165, 1.54) is 0 Å². The standard InChI is InChI=1S/C2H4O2.4H2N.2H2O.Pd/c1-2(3)4;;;;;;;/h1H3,(H,3,4);6*1H2;/q;4*-1;;;. The van der Waals surface area contributed by atoms with E-state index in [4.69, 9.17) is 9.90 Å². The summed E-state index contributed by atoms with van der Waals surface area (Å²) >= 11 is 0. The first-order chi connectivity index (χ1) is 1.73. The largest absolute Gasteiger partial charge is 0.693 e. The van der Waals surface area contributed by atoms with Crippen molar-refractivity contribution in [3.63, 3.8) is 0 Å². The third kappa shape index (κ3) is 53200. The minimum atomic E-state index is -0.833. The molecule has 0 saturated heterocycles. The molecule has 13 N–H and O–H groups in total. The van der Waals surface area contributed by atoms with E-state index in [-0.39, 0.29) is 56.0 Å². The summed E-state index contributed by atoms with van der Waals surface area (Å²) in [6, 6.07) is 0. The van der Waals surface area contributed by atoms with E-state index < -0.39 is 5.97 Å². The van der Waals surface area contributed by atoms with Gasteiger partial charge in [0.25, 0.3) is 5.97 Å². The van der Waals surface area contributed by atoms with Crippen LogP contribution in [0.4, 0.5) is 0 Å². The van der Waals surface area contributed by atoms with E-state index >= 15 is 0 Å². The maximum absolute atomic E-state index is 9.00. The number of hydrogen-bond donors (Lipinski definition) is 1. The molecule has 0 amide bonds. The Kier molecular flexibility index (Phi) is 1080. The van der Waals surface area contributed by atoms with Crippen molar-refractivity contribution in [1.82, 2.24) is 0 Å². The van der Waals surface area contributed by atoms with Gasteiger partial charge in [-0.3, -0.25) is 4.79 Å². The summed E-state index contributed by atoms with van der Waals surface area (Å²) in [5.74, 6) is -0.833. The summed E-state index contributed by atoms with van der Waals surface area (Å²) in [6.07, 6.45) is 0. The molecule has 11 heavy (non-hydrogen) atoms. The zero-order valence-electron chi connectivity index (χ0n) is 5.98. The van der Waals surface area contributed by atoms with Crippen LogP contribution in [0, 0.1) is 0 Å². The zero-order chi connectivity index (χ0) is 3.58. The molecule has 0 radical (unpaired) electrons. The van der Waals surface area contributed by atoms with Gasteiger partial charge in [0.15, 0.2) is 0 Å². The third-order valence-electron chi connectivity index (χ3n) is 0. The van der Waals surface area contributed by atoms with Crippen molar-refractivity contribution >= 4 is 5.97 Å². The molecule has 0 saturated carbocycles. The number of aliphatic carboxylic acids is 1. The SMILES string of the molecule is CC(=O)O.O.O.[NH2-].[NH2-].[NH2-].[NH2-].[Pd]. The fourth-order valence-electron chi connectivity index (χ4n) is 0. The zero-order valence-corrected chi connectivity index (χ0v) is 7.54. The van der Waals surface area contributed by atoms with E-state index in [2.05, 4.69) is 0 Å². The normalized spacial score (nSPS) is 2.27. The number of carboxylic acid groups (broad SMARTS) is 1. The van der Waals surface area contributed by atoms with Crippen molar-refractivity contribution in [2.45, 2.75) is 6.92 Å². The van der Waals surface area contributed by atoms with Crippen molar-refractivity contribution in [3.8, 4) is 0 Å². The fourth-order valence-corrected chi connectivity index (χ4v) is 0. The molecule has 0 bridgehead atoms. The first kappa shape index (κ1) is 127. The van der Waals surface area contributed by atoms with E-state index in [0.29, 0.717) is 0 Å². The molecule has 0 fully saturated rings.